The van der Waals surface area contributed by atoms with Crippen LogP contribution in [0.4, 0.5) is 0 Å². The largest absolute Gasteiger partial charge is 0.471 e. The van der Waals surface area contributed by atoms with Gasteiger partial charge in [0.05, 0.1) is 0 Å². The molecule has 0 unspecified atom stereocenters. The van der Waals surface area contributed by atoms with Crippen LogP contribution in [0.15, 0.2) is 30.6 Å². The second-order valence-corrected chi connectivity index (χ2v) is 4.10. The van der Waals surface area contributed by atoms with Gasteiger partial charge >= 0.3 is 0 Å². The number of rotatable bonds is 4. The predicted molar refractivity (Wildman–Crippen MR) is 69.9 cm³/mol. The van der Waals surface area contributed by atoms with E-state index in [0.29, 0.717) is 5.75 Å². The summed E-state index contributed by atoms with van der Waals surface area (Å²) in [5.74, 6) is 1.46. The molecule has 1 aromatic carbocycles. The number of nitrogens with one attached hydrogen (secondary N) is 1. The van der Waals surface area contributed by atoms with Gasteiger partial charge in [0.2, 0.25) is 12.7 Å². The lowest BCUT2D eigenvalue weighted by molar-refractivity contribution is 0.174. The van der Waals surface area contributed by atoms with Gasteiger partial charge < -0.3 is 19.9 Å². The molecule has 2 heterocycles. The molecular formula is C13H12N4O3. The van der Waals surface area contributed by atoms with Crippen LogP contribution in [0, 0.1) is 5.41 Å². The lowest BCUT2D eigenvalue weighted by Crippen LogP contribution is -2.15. The van der Waals surface area contributed by atoms with Crippen LogP contribution in [-0.4, -0.2) is 22.6 Å². The zero-order valence-corrected chi connectivity index (χ0v) is 10.5. The first-order chi connectivity index (χ1) is 9.74. The third-order valence-corrected chi connectivity index (χ3v) is 2.73. The van der Waals surface area contributed by atoms with E-state index in [-0.39, 0.29) is 30.8 Å². The minimum Gasteiger partial charge on any atom is -0.471 e. The summed E-state index contributed by atoms with van der Waals surface area (Å²) >= 11 is 0. The smallest absolute Gasteiger partial charge is 0.244 e. The summed E-state index contributed by atoms with van der Waals surface area (Å²) in [5, 5.41) is 7.42. The van der Waals surface area contributed by atoms with Crippen molar-refractivity contribution in [2.45, 2.75) is 6.61 Å². The molecule has 7 nitrogen and oxygen atoms in total. The maximum absolute atomic E-state index is 7.42. The molecule has 0 amide bonds. The fourth-order valence-corrected chi connectivity index (χ4v) is 1.80. The van der Waals surface area contributed by atoms with Crippen molar-refractivity contribution in [2.24, 2.45) is 5.73 Å². The Morgan fingerprint density at radius 3 is 2.90 bits per heavy atom. The molecule has 1 aliphatic heterocycles. The molecule has 0 radical (unpaired) electrons. The summed E-state index contributed by atoms with van der Waals surface area (Å²) in [7, 11) is 0. The first-order valence-electron chi connectivity index (χ1n) is 5.91. The highest BCUT2D eigenvalue weighted by Gasteiger charge is 2.14. The van der Waals surface area contributed by atoms with E-state index >= 15 is 0 Å². The van der Waals surface area contributed by atoms with Crippen molar-refractivity contribution in [3.8, 4) is 17.4 Å². The average Bonchev–Trinajstić information content (AvgIpc) is 2.92. The zero-order valence-electron chi connectivity index (χ0n) is 10.5. The van der Waals surface area contributed by atoms with E-state index < -0.39 is 0 Å². The van der Waals surface area contributed by atoms with E-state index in [4.69, 9.17) is 25.4 Å². The lowest BCUT2D eigenvalue weighted by Gasteiger charge is -2.08. The van der Waals surface area contributed by atoms with Gasteiger partial charge in [0, 0.05) is 12.4 Å². The van der Waals surface area contributed by atoms with Crippen molar-refractivity contribution in [2.75, 3.05) is 6.79 Å². The molecule has 2 aromatic rings. The topological polar surface area (TPSA) is 103 Å². The summed E-state index contributed by atoms with van der Waals surface area (Å²) in [5.41, 5.74) is 6.55. The number of ether oxygens (including phenoxy) is 3. The molecule has 102 valence electrons. The minimum absolute atomic E-state index is 0.182. The van der Waals surface area contributed by atoms with Crippen LogP contribution >= 0.6 is 0 Å². The van der Waals surface area contributed by atoms with Crippen molar-refractivity contribution in [3.05, 3.63) is 41.9 Å². The van der Waals surface area contributed by atoms with E-state index in [9.17, 15) is 0 Å². The van der Waals surface area contributed by atoms with Gasteiger partial charge in [-0.15, -0.1) is 0 Å². The number of nitrogens with two attached hydrogens (primary N) is 1. The molecule has 3 N–H and O–H groups in total. The second kappa shape index (κ2) is 5.04. The Hall–Kier alpha value is -2.83. The fourth-order valence-electron chi connectivity index (χ4n) is 1.80. The SMILES string of the molecule is N=C(N)c1nccnc1OCc1ccc2c(c1)OCO2. The predicted octanol–water partition coefficient (Wildman–Crippen LogP) is 1.07. The lowest BCUT2D eigenvalue weighted by atomic mass is 10.2. The van der Waals surface area contributed by atoms with Crippen molar-refractivity contribution >= 4 is 5.84 Å². The highest BCUT2D eigenvalue weighted by atomic mass is 16.7. The maximum Gasteiger partial charge on any atom is 0.244 e. The van der Waals surface area contributed by atoms with Crippen LogP contribution in [0.25, 0.3) is 0 Å². The molecule has 1 aromatic heterocycles. The first kappa shape index (κ1) is 12.2. The summed E-state index contributed by atoms with van der Waals surface area (Å²) in [6, 6.07) is 5.53. The highest BCUT2D eigenvalue weighted by molar-refractivity contribution is 5.94. The fraction of sp³-hybridized carbons (Fsp3) is 0.154. The van der Waals surface area contributed by atoms with Crippen LogP contribution in [0.5, 0.6) is 17.4 Å². The van der Waals surface area contributed by atoms with Crippen molar-refractivity contribution in [1.29, 1.82) is 5.41 Å². The Bertz CT molecular complexity index is 660. The van der Waals surface area contributed by atoms with Crippen molar-refractivity contribution in [3.63, 3.8) is 0 Å². The number of fused-ring (bicyclic) bond motifs is 1. The van der Waals surface area contributed by atoms with Crippen molar-refractivity contribution in [1.82, 2.24) is 9.97 Å². The van der Waals surface area contributed by atoms with Crippen LogP contribution in [0.1, 0.15) is 11.3 Å². The molecule has 0 saturated heterocycles. The van der Waals surface area contributed by atoms with Gasteiger partial charge in [-0.2, -0.15) is 0 Å². The summed E-state index contributed by atoms with van der Waals surface area (Å²) in [4.78, 5) is 7.99. The maximum atomic E-state index is 7.42. The minimum atomic E-state index is -0.182. The Morgan fingerprint density at radius 1 is 1.25 bits per heavy atom. The van der Waals surface area contributed by atoms with E-state index in [0.717, 1.165) is 11.3 Å². The second-order valence-electron chi connectivity index (χ2n) is 4.10. The molecular weight excluding hydrogens is 260 g/mol. The molecule has 0 fully saturated rings. The van der Waals surface area contributed by atoms with Gasteiger partial charge in [-0.05, 0) is 17.7 Å². The van der Waals surface area contributed by atoms with Gasteiger partial charge in [0.15, 0.2) is 17.2 Å². The standard InChI is InChI=1S/C13H12N4O3/c14-12(15)11-13(17-4-3-16-11)18-6-8-1-2-9-10(5-8)20-7-19-9/h1-5H,6-7H2,(H3,14,15). The zero-order chi connectivity index (χ0) is 13.9. The number of aromatic nitrogens is 2. The molecule has 0 saturated carbocycles. The molecule has 0 aliphatic carbocycles. The van der Waals surface area contributed by atoms with Gasteiger partial charge in [0.1, 0.15) is 12.4 Å². The Labute approximate surface area is 114 Å². The third kappa shape index (κ3) is 2.33. The first-order valence-corrected chi connectivity index (χ1v) is 5.91. The Kier molecular flexibility index (Phi) is 3.08. The van der Waals surface area contributed by atoms with Crippen molar-refractivity contribution < 1.29 is 14.2 Å². The Balaban J connectivity index is 1.75. The summed E-state index contributed by atoms with van der Waals surface area (Å²) in [6.07, 6.45) is 2.95. The molecule has 20 heavy (non-hydrogen) atoms. The number of benzene rings is 1. The molecule has 0 bridgehead atoms. The van der Waals surface area contributed by atoms with Crippen LogP contribution < -0.4 is 19.9 Å². The molecule has 1 aliphatic rings. The number of amidine groups is 1. The monoisotopic (exact) mass is 272 g/mol. The number of nitrogens with zero attached hydrogens (tertiary/aromatic N) is 2. The average molecular weight is 272 g/mol. The van der Waals surface area contributed by atoms with E-state index in [2.05, 4.69) is 9.97 Å². The molecule has 3 rings (SSSR count). The van der Waals surface area contributed by atoms with Gasteiger partial charge in [0.25, 0.3) is 0 Å². The summed E-state index contributed by atoms with van der Waals surface area (Å²) < 4.78 is 16.1. The number of nitrogen functional groups attached to an aromatic ring is 1. The van der Waals surface area contributed by atoms with Crippen LogP contribution in [0.2, 0.25) is 0 Å². The summed E-state index contributed by atoms with van der Waals surface area (Å²) in [6.45, 7) is 0.508. The number of hydrogen-bond acceptors (Lipinski definition) is 6. The van der Waals surface area contributed by atoms with Crippen LogP contribution in [0.3, 0.4) is 0 Å². The quantitative estimate of drug-likeness (QED) is 0.637. The van der Waals surface area contributed by atoms with E-state index in [1.54, 1.807) is 0 Å². The number of hydrogen-bond donors (Lipinski definition) is 2. The molecule has 0 atom stereocenters. The van der Waals surface area contributed by atoms with Gasteiger partial charge in [-0.25, -0.2) is 9.97 Å². The van der Waals surface area contributed by atoms with Crippen LogP contribution in [-0.2, 0) is 6.61 Å². The van der Waals surface area contributed by atoms with Gasteiger partial charge in [-0.1, -0.05) is 6.07 Å². The van der Waals surface area contributed by atoms with Gasteiger partial charge in [-0.3, -0.25) is 5.41 Å². The van der Waals surface area contributed by atoms with E-state index in [1.165, 1.54) is 12.4 Å². The highest BCUT2D eigenvalue weighted by Crippen LogP contribution is 2.32. The third-order valence-electron chi connectivity index (χ3n) is 2.73. The molecule has 0 spiro atoms. The normalized spacial score (nSPS) is 12.2. The Morgan fingerprint density at radius 2 is 2.05 bits per heavy atom. The van der Waals surface area contributed by atoms with E-state index in [1.807, 2.05) is 18.2 Å². The molecule has 7 heteroatoms.